The van der Waals surface area contributed by atoms with Gasteiger partial charge in [-0.2, -0.15) is 4.68 Å². The van der Waals surface area contributed by atoms with Gasteiger partial charge in [-0.05, 0) is 50.3 Å². The number of aryl methyl sites for hydroxylation is 1. The summed E-state index contributed by atoms with van der Waals surface area (Å²) in [6.45, 7) is 2.02. The molecule has 0 N–H and O–H groups in total. The van der Waals surface area contributed by atoms with Crippen molar-refractivity contribution in [1.82, 2.24) is 30.2 Å². The van der Waals surface area contributed by atoms with Crippen LogP contribution in [0.15, 0.2) is 51.2 Å². The quantitative estimate of drug-likeness (QED) is 0.664. The Hall–Kier alpha value is -1.80. The molecule has 21 heavy (non-hydrogen) atoms. The van der Waals surface area contributed by atoms with Crippen molar-refractivity contribution in [3.63, 3.8) is 0 Å². The maximum atomic E-state index is 4.47. The summed E-state index contributed by atoms with van der Waals surface area (Å²) in [5.74, 6) is 0.783. The molecule has 0 bridgehead atoms. The van der Waals surface area contributed by atoms with Gasteiger partial charge in [0, 0.05) is 12.5 Å². The van der Waals surface area contributed by atoms with E-state index in [1.165, 1.54) is 11.8 Å². The van der Waals surface area contributed by atoms with Crippen molar-refractivity contribution in [2.24, 2.45) is 0 Å². The summed E-state index contributed by atoms with van der Waals surface area (Å²) in [6, 6.07) is 11.6. The molecule has 8 heteroatoms. The van der Waals surface area contributed by atoms with E-state index >= 15 is 0 Å². The van der Waals surface area contributed by atoms with Crippen LogP contribution in [-0.2, 0) is 6.42 Å². The van der Waals surface area contributed by atoms with Crippen LogP contribution in [0.2, 0.25) is 0 Å². The summed E-state index contributed by atoms with van der Waals surface area (Å²) in [4.78, 5) is 8.77. The molecule has 0 spiro atoms. The molecule has 0 unspecified atom stereocenters. The van der Waals surface area contributed by atoms with Crippen LogP contribution in [0.3, 0.4) is 0 Å². The predicted molar refractivity (Wildman–Crippen MR) is 82.4 cm³/mol. The van der Waals surface area contributed by atoms with Crippen LogP contribution in [0.25, 0.3) is 5.69 Å². The molecule has 0 saturated heterocycles. The average molecular weight is 363 g/mol. The molecule has 3 aromatic rings. The second-order valence-electron chi connectivity index (χ2n) is 4.11. The predicted octanol–water partition coefficient (Wildman–Crippen LogP) is 2.93. The van der Waals surface area contributed by atoms with Crippen LogP contribution >= 0.6 is 27.7 Å². The monoisotopic (exact) mass is 362 g/mol. The average Bonchev–Trinajstić information content (AvgIpc) is 2.95. The summed E-state index contributed by atoms with van der Waals surface area (Å²) in [7, 11) is 0. The lowest BCUT2D eigenvalue weighted by Crippen LogP contribution is -2.00. The standard InChI is InChI=1S/C13H11BrN6S/c1-2-11-15-10(14)8-12(16-11)21-13-17-18-19-20(13)9-6-4-3-5-7-9/h3-8H,2H2,1H3. The highest BCUT2D eigenvalue weighted by Gasteiger charge is 2.12. The van der Waals surface area contributed by atoms with Gasteiger partial charge in [0.2, 0.25) is 5.16 Å². The van der Waals surface area contributed by atoms with Crippen LogP contribution in [0.4, 0.5) is 0 Å². The molecule has 0 aliphatic heterocycles. The summed E-state index contributed by atoms with van der Waals surface area (Å²) in [6.07, 6.45) is 0.774. The van der Waals surface area contributed by atoms with E-state index in [0.29, 0.717) is 5.16 Å². The third-order valence-electron chi connectivity index (χ3n) is 2.67. The topological polar surface area (TPSA) is 69.4 Å². The molecule has 0 radical (unpaired) electrons. The van der Waals surface area contributed by atoms with E-state index in [1.807, 2.05) is 43.3 Å². The molecule has 1 aromatic carbocycles. The van der Waals surface area contributed by atoms with Crippen molar-refractivity contribution in [3.05, 3.63) is 46.8 Å². The molecule has 0 aliphatic carbocycles. The normalized spacial score (nSPS) is 10.8. The molecule has 0 amide bonds. The molecule has 2 heterocycles. The first kappa shape index (κ1) is 14.2. The minimum atomic E-state index is 0.661. The van der Waals surface area contributed by atoms with Gasteiger partial charge in [0.05, 0.1) is 5.69 Å². The second kappa shape index (κ2) is 6.31. The fourth-order valence-corrected chi connectivity index (χ4v) is 3.11. The molecule has 0 atom stereocenters. The van der Waals surface area contributed by atoms with Gasteiger partial charge in [-0.25, -0.2) is 9.97 Å². The Labute approximate surface area is 134 Å². The first-order valence-electron chi connectivity index (χ1n) is 6.31. The highest BCUT2D eigenvalue weighted by Crippen LogP contribution is 2.27. The van der Waals surface area contributed by atoms with Crippen LogP contribution < -0.4 is 0 Å². The summed E-state index contributed by atoms with van der Waals surface area (Å²) in [5.41, 5.74) is 0.911. The van der Waals surface area contributed by atoms with E-state index < -0.39 is 0 Å². The Balaban J connectivity index is 1.93. The zero-order valence-corrected chi connectivity index (χ0v) is 13.5. The summed E-state index contributed by atoms with van der Waals surface area (Å²) in [5, 5.41) is 13.3. The number of benzene rings is 1. The lowest BCUT2D eigenvalue weighted by molar-refractivity contribution is 0.755. The first-order chi connectivity index (χ1) is 10.3. The van der Waals surface area contributed by atoms with Crippen LogP contribution in [-0.4, -0.2) is 30.2 Å². The Morgan fingerprint density at radius 1 is 1.19 bits per heavy atom. The molecule has 0 fully saturated rings. The number of hydrogen-bond donors (Lipinski definition) is 0. The van der Waals surface area contributed by atoms with E-state index in [2.05, 4.69) is 41.4 Å². The third kappa shape index (κ3) is 3.27. The lowest BCUT2D eigenvalue weighted by atomic mass is 10.3. The molecular formula is C13H11BrN6S. The Kier molecular flexibility index (Phi) is 4.26. The maximum absolute atomic E-state index is 4.47. The highest BCUT2D eigenvalue weighted by atomic mass is 79.9. The lowest BCUT2D eigenvalue weighted by Gasteiger charge is -2.05. The number of rotatable bonds is 4. The molecule has 106 valence electrons. The number of tetrazole rings is 1. The van der Waals surface area contributed by atoms with Crippen molar-refractivity contribution >= 4 is 27.7 Å². The number of aromatic nitrogens is 6. The van der Waals surface area contributed by atoms with E-state index in [9.17, 15) is 0 Å². The van der Waals surface area contributed by atoms with Crippen molar-refractivity contribution in [1.29, 1.82) is 0 Å². The zero-order valence-electron chi connectivity index (χ0n) is 11.1. The van der Waals surface area contributed by atoms with Gasteiger partial charge in [0.25, 0.3) is 0 Å². The maximum Gasteiger partial charge on any atom is 0.220 e. The Morgan fingerprint density at radius 2 is 2.00 bits per heavy atom. The second-order valence-corrected chi connectivity index (χ2v) is 5.91. The van der Waals surface area contributed by atoms with Crippen molar-refractivity contribution in [2.75, 3.05) is 0 Å². The van der Waals surface area contributed by atoms with E-state index in [0.717, 1.165) is 27.6 Å². The van der Waals surface area contributed by atoms with Gasteiger partial charge >= 0.3 is 0 Å². The van der Waals surface area contributed by atoms with Gasteiger partial charge in [-0.15, -0.1) is 5.10 Å². The zero-order chi connectivity index (χ0) is 14.7. The number of para-hydroxylation sites is 1. The molecular weight excluding hydrogens is 352 g/mol. The molecule has 0 saturated carbocycles. The van der Waals surface area contributed by atoms with E-state index in [-0.39, 0.29) is 0 Å². The van der Waals surface area contributed by atoms with Gasteiger partial charge in [0.1, 0.15) is 15.5 Å². The summed E-state index contributed by atoms with van der Waals surface area (Å²) >= 11 is 4.80. The van der Waals surface area contributed by atoms with E-state index in [1.54, 1.807) is 4.68 Å². The van der Waals surface area contributed by atoms with Crippen molar-refractivity contribution in [2.45, 2.75) is 23.5 Å². The molecule has 6 nitrogen and oxygen atoms in total. The van der Waals surface area contributed by atoms with Crippen LogP contribution in [0.1, 0.15) is 12.7 Å². The Morgan fingerprint density at radius 3 is 2.76 bits per heavy atom. The molecule has 3 rings (SSSR count). The number of nitrogens with zero attached hydrogens (tertiary/aromatic N) is 6. The number of hydrogen-bond acceptors (Lipinski definition) is 6. The summed E-state index contributed by atoms with van der Waals surface area (Å²) < 4.78 is 2.45. The van der Waals surface area contributed by atoms with Crippen LogP contribution in [0.5, 0.6) is 0 Å². The number of halogens is 1. The molecule has 2 aromatic heterocycles. The minimum absolute atomic E-state index is 0.661. The molecule has 0 aliphatic rings. The van der Waals surface area contributed by atoms with E-state index in [4.69, 9.17) is 0 Å². The minimum Gasteiger partial charge on any atom is -0.226 e. The van der Waals surface area contributed by atoms with Crippen molar-refractivity contribution in [3.8, 4) is 5.69 Å². The first-order valence-corrected chi connectivity index (χ1v) is 7.92. The van der Waals surface area contributed by atoms with Gasteiger partial charge in [0.15, 0.2) is 0 Å². The van der Waals surface area contributed by atoms with Crippen molar-refractivity contribution < 1.29 is 0 Å². The van der Waals surface area contributed by atoms with Gasteiger partial charge in [-0.3, -0.25) is 0 Å². The SMILES string of the molecule is CCc1nc(Br)cc(Sc2nnnn2-c2ccccc2)n1. The largest absolute Gasteiger partial charge is 0.226 e. The van der Waals surface area contributed by atoms with Gasteiger partial charge < -0.3 is 0 Å². The highest BCUT2D eigenvalue weighted by molar-refractivity contribution is 9.10. The van der Waals surface area contributed by atoms with Crippen LogP contribution in [0, 0.1) is 0 Å². The third-order valence-corrected chi connectivity index (χ3v) is 3.93. The fraction of sp³-hybridized carbons (Fsp3) is 0.154. The fourth-order valence-electron chi connectivity index (χ4n) is 1.72. The smallest absolute Gasteiger partial charge is 0.220 e. The Bertz CT molecular complexity index is 745. The van der Waals surface area contributed by atoms with Gasteiger partial charge in [-0.1, -0.05) is 25.1 Å².